The zero-order chi connectivity index (χ0) is 12.0. The smallest absolute Gasteiger partial charge is 0.305 e. The van der Waals surface area contributed by atoms with E-state index in [2.05, 4.69) is 4.74 Å². The fourth-order valence-corrected chi connectivity index (χ4v) is 2.37. The molecule has 0 spiro atoms. The molecule has 1 saturated carbocycles. The maximum Gasteiger partial charge on any atom is 0.305 e. The van der Waals surface area contributed by atoms with Gasteiger partial charge in [0.15, 0.2) is 0 Å². The van der Waals surface area contributed by atoms with E-state index in [1.54, 1.807) is 0 Å². The molecule has 0 bridgehead atoms. The average molecular weight is 226 g/mol. The van der Waals surface area contributed by atoms with Crippen molar-refractivity contribution in [1.82, 2.24) is 0 Å². The molecule has 0 aromatic carbocycles. The second-order valence-corrected chi connectivity index (χ2v) is 4.89. The van der Waals surface area contributed by atoms with Crippen LogP contribution >= 0.6 is 0 Å². The summed E-state index contributed by atoms with van der Waals surface area (Å²) in [6.07, 6.45) is 6.60. The lowest BCUT2D eigenvalue weighted by atomic mass is 9.83. The minimum Gasteiger partial charge on any atom is -0.469 e. The first-order chi connectivity index (χ1) is 7.63. The molecule has 0 amide bonds. The van der Waals surface area contributed by atoms with Gasteiger partial charge in [-0.2, -0.15) is 0 Å². The number of Topliss-reactive ketones (excluding diaryl/α,β-unsaturated/α-hetero) is 1. The summed E-state index contributed by atoms with van der Waals surface area (Å²) in [5.41, 5.74) is 0. The molecular formula is C13H22O3. The van der Waals surface area contributed by atoms with Crippen molar-refractivity contribution < 1.29 is 14.3 Å². The van der Waals surface area contributed by atoms with Crippen LogP contribution in [0.1, 0.15) is 51.9 Å². The number of methoxy groups -OCH3 is 1. The highest BCUT2D eigenvalue weighted by Crippen LogP contribution is 2.26. The third kappa shape index (κ3) is 4.33. The van der Waals surface area contributed by atoms with Gasteiger partial charge in [-0.1, -0.05) is 26.2 Å². The van der Waals surface area contributed by atoms with Gasteiger partial charge in [-0.25, -0.2) is 0 Å². The number of ether oxygens (including phenoxy) is 1. The summed E-state index contributed by atoms with van der Waals surface area (Å²) >= 11 is 0. The maximum absolute atomic E-state index is 11.9. The van der Waals surface area contributed by atoms with E-state index >= 15 is 0 Å². The Bertz CT molecular complexity index is 242. The van der Waals surface area contributed by atoms with E-state index in [9.17, 15) is 9.59 Å². The molecule has 1 aliphatic carbocycles. The van der Waals surface area contributed by atoms with Gasteiger partial charge in [0, 0.05) is 18.8 Å². The molecule has 1 atom stereocenters. The van der Waals surface area contributed by atoms with E-state index in [1.807, 2.05) is 6.92 Å². The van der Waals surface area contributed by atoms with Gasteiger partial charge in [-0.05, 0) is 18.8 Å². The van der Waals surface area contributed by atoms with Gasteiger partial charge in [0.25, 0.3) is 0 Å². The highest BCUT2D eigenvalue weighted by molar-refractivity contribution is 5.82. The Morgan fingerprint density at radius 3 is 2.38 bits per heavy atom. The summed E-state index contributed by atoms with van der Waals surface area (Å²) in [4.78, 5) is 23.0. The Morgan fingerprint density at radius 1 is 1.19 bits per heavy atom. The average Bonchev–Trinajstić information content (AvgIpc) is 2.29. The topological polar surface area (TPSA) is 43.4 Å². The van der Waals surface area contributed by atoms with Gasteiger partial charge < -0.3 is 4.74 Å². The molecule has 3 heteroatoms. The van der Waals surface area contributed by atoms with Crippen LogP contribution in [0.3, 0.4) is 0 Å². The molecule has 3 nitrogen and oxygen atoms in total. The lowest BCUT2D eigenvalue weighted by Gasteiger charge is -2.21. The maximum atomic E-state index is 11.9. The zero-order valence-electron chi connectivity index (χ0n) is 10.3. The summed E-state index contributed by atoms with van der Waals surface area (Å²) in [5, 5.41) is 0. The van der Waals surface area contributed by atoms with Crippen molar-refractivity contribution >= 4 is 11.8 Å². The van der Waals surface area contributed by atoms with Crippen LogP contribution in [0.5, 0.6) is 0 Å². The zero-order valence-corrected chi connectivity index (χ0v) is 10.3. The molecule has 0 aromatic rings. The minimum absolute atomic E-state index is 0.113. The normalized spacial score (nSPS) is 19.1. The summed E-state index contributed by atoms with van der Waals surface area (Å²) in [5.74, 6) is 0.496. The van der Waals surface area contributed by atoms with E-state index in [-0.39, 0.29) is 17.8 Å². The van der Waals surface area contributed by atoms with Crippen LogP contribution in [0.15, 0.2) is 0 Å². The fraction of sp³-hybridized carbons (Fsp3) is 0.846. The highest BCUT2D eigenvalue weighted by Gasteiger charge is 2.23. The first-order valence-corrected chi connectivity index (χ1v) is 6.23. The molecular weight excluding hydrogens is 204 g/mol. The second-order valence-electron chi connectivity index (χ2n) is 4.89. The van der Waals surface area contributed by atoms with Crippen molar-refractivity contribution in [1.29, 1.82) is 0 Å². The van der Waals surface area contributed by atoms with Gasteiger partial charge in [0.1, 0.15) is 5.78 Å². The molecule has 0 unspecified atom stereocenters. The van der Waals surface area contributed by atoms with Crippen LogP contribution < -0.4 is 0 Å². The van der Waals surface area contributed by atoms with Crippen LogP contribution in [0.25, 0.3) is 0 Å². The Labute approximate surface area is 97.5 Å². The monoisotopic (exact) mass is 226 g/mol. The molecule has 0 heterocycles. The van der Waals surface area contributed by atoms with Gasteiger partial charge in [-0.3, -0.25) is 9.59 Å². The Hall–Kier alpha value is -0.860. The van der Waals surface area contributed by atoms with E-state index < -0.39 is 0 Å². The molecule has 1 aliphatic rings. The Balaban J connectivity index is 2.29. The number of esters is 1. The predicted octanol–water partition coefficient (Wildman–Crippen LogP) is 2.73. The van der Waals surface area contributed by atoms with Gasteiger partial charge in [0.05, 0.1) is 7.11 Å². The van der Waals surface area contributed by atoms with E-state index in [4.69, 9.17) is 0 Å². The third-order valence-electron chi connectivity index (χ3n) is 3.35. The van der Waals surface area contributed by atoms with Crippen molar-refractivity contribution in [2.75, 3.05) is 7.11 Å². The highest BCUT2D eigenvalue weighted by atomic mass is 16.5. The van der Waals surface area contributed by atoms with Crippen molar-refractivity contribution in [3.05, 3.63) is 0 Å². The number of ketones is 1. The fourth-order valence-electron chi connectivity index (χ4n) is 2.37. The quantitative estimate of drug-likeness (QED) is 0.677. The standard InChI is InChI=1S/C13H22O3/c1-10(9-13(15)16-2)8-12(14)11-6-4-3-5-7-11/h10-11H,3-9H2,1-2H3/t10-/m1/s1. The van der Waals surface area contributed by atoms with E-state index in [0.29, 0.717) is 18.6 Å². The predicted molar refractivity (Wildman–Crippen MR) is 62.0 cm³/mol. The number of hydrogen-bond acceptors (Lipinski definition) is 3. The SMILES string of the molecule is COC(=O)C[C@H](C)CC(=O)C1CCCCC1. The van der Waals surface area contributed by atoms with Crippen LogP contribution in [0.4, 0.5) is 0 Å². The van der Waals surface area contributed by atoms with Gasteiger partial charge >= 0.3 is 5.97 Å². The lowest BCUT2D eigenvalue weighted by Crippen LogP contribution is -2.21. The van der Waals surface area contributed by atoms with Gasteiger partial charge in [0.2, 0.25) is 0 Å². The van der Waals surface area contributed by atoms with Crippen molar-refractivity contribution in [3.8, 4) is 0 Å². The summed E-state index contributed by atoms with van der Waals surface area (Å²) < 4.78 is 4.60. The van der Waals surface area contributed by atoms with Crippen LogP contribution in [0, 0.1) is 11.8 Å². The van der Waals surface area contributed by atoms with Crippen molar-refractivity contribution in [3.63, 3.8) is 0 Å². The summed E-state index contributed by atoms with van der Waals surface area (Å²) in [7, 11) is 1.39. The molecule has 92 valence electrons. The largest absolute Gasteiger partial charge is 0.469 e. The number of rotatable bonds is 5. The summed E-state index contributed by atoms with van der Waals surface area (Å²) in [6, 6.07) is 0. The second kappa shape index (κ2) is 6.66. The number of carbonyl (C=O) groups excluding carboxylic acids is 2. The Morgan fingerprint density at radius 2 is 1.81 bits per heavy atom. The molecule has 0 radical (unpaired) electrons. The third-order valence-corrected chi connectivity index (χ3v) is 3.35. The van der Waals surface area contributed by atoms with Crippen LogP contribution in [0.2, 0.25) is 0 Å². The van der Waals surface area contributed by atoms with Gasteiger partial charge in [-0.15, -0.1) is 0 Å². The lowest BCUT2D eigenvalue weighted by molar-refractivity contribution is -0.141. The molecule has 0 aromatic heterocycles. The Kier molecular flexibility index (Phi) is 5.50. The number of carbonyl (C=O) groups is 2. The molecule has 1 fully saturated rings. The van der Waals surface area contributed by atoms with Crippen molar-refractivity contribution in [2.24, 2.45) is 11.8 Å². The first kappa shape index (κ1) is 13.2. The minimum atomic E-state index is -0.219. The molecule has 0 saturated heterocycles. The molecule has 1 rings (SSSR count). The van der Waals surface area contributed by atoms with E-state index in [1.165, 1.54) is 26.4 Å². The van der Waals surface area contributed by atoms with E-state index in [0.717, 1.165) is 12.8 Å². The van der Waals surface area contributed by atoms with Crippen LogP contribution in [-0.2, 0) is 14.3 Å². The summed E-state index contributed by atoms with van der Waals surface area (Å²) in [6.45, 7) is 1.94. The first-order valence-electron chi connectivity index (χ1n) is 6.23. The van der Waals surface area contributed by atoms with Crippen molar-refractivity contribution in [2.45, 2.75) is 51.9 Å². The number of hydrogen-bond donors (Lipinski definition) is 0. The molecule has 16 heavy (non-hydrogen) atoms. The molecule has 0 aliphatic heterocycles. The van der Waals surface area contributed by atoms with Crippen LogP contribution in [-0.4, -0.2) is 18.9 Å². The molecule has 0 N–H and O–H groups in total.